The van der Waals surface area contributed by atoms with Crippen LogP contribution in [0, 0.1) is 0 Å². The van der Waals surface area contributed by atoms with Gasteiger partial charge in [-0.2, -0.15) is 0 Å². The van der Waals surface area contributed by atoms with Gasteiger partial charge in [-0.1, -0.05) is 0 Å². The second-order valence-corrected chi connectivity index (χ2v) is 3.45. The fourth-order valence-electron chi connectivity index (χ4n) is 1.47. The first-order valence-corrected chi connectivity index (χ1v) is 4.47. The number of halogens is 1. The van der Waals surface area contributed by atoms with Crippen LogP contribution in [0.2, 0.25) is 0 Å². The van der Waals surface area contributed by atoms with Gasteiger partial charge in [-0.05, 0) is 13.8 Å². The van der Waals surface area contributed by atoms with Gasteiger partial charge in [0.05, 0.1) is 12.2 Å². The molecule has 13 heavy (non-hydrogen) atoms. The molecular formula is C9H15FO3. The summed E-state index contributed by atoms with van der Waals surface area (Å²) < 4.78 is 23.2. The molecule has 76 valence electrons. The van der Waals surface area contributed by atoms with Crippen molar-refractivity contribution in [2.45, 2.75) is 51.7 Å². The minimum Gasteiger partial charge on any atom is -0.460 e. The third-order valence-corrected chi connectivity index (χ3v) is 2.23. The molecule has 0 aliphatic carbocycles. The highest BCUT2D eigenvalue weighted by atomic mass is 19.1. The Morgan fingerprint density at radius 1 is 1.69 bits per heavy atom. The molecule has 1 rings (SSSR count). The molecule has 1 fully saturated rings. The molecule has 0 aromatic rings. The lowest BCUT2D eigenvalue weighted by Gasteiger charge is -2.18. The van der Waals surface area contributed by atoms with Crippen molar-refractivity contribution in [3.8, 4) is 0 Å². The summed E-state index contributed by atoms with van der Waals surface area (Å²) in [7, 11) is 0. The van der Waals surface area contributed by atoms with E-state index in [0.29, 0.717) is 6.42 Å². The predicted octanol–water partition coefficient (Wildman–Crippen LogP) is 1.45. The number of rotatable bonds is 2. The van der Waals surface area contributed by atoms with Crippen molar-refractivity contribution >= 4 is 5.97 Å². The summed E-state index contributed by atoms with van der Waals surface area (Å²) in [4.78, 5) is 10.6. The number of hydrogen-bond acceptors (Lipinski definition) is 3. The number of carbonyl (C=O) groups excluding carboxylic acids is 1. The molecule has 0 aromatic carbocycles. The van der Waals surface area contributed by atoms with Gasteiger partial charge in [-0.15, -0.1) is 0 Å². The summed E-state index contributed by atoms with van der Waals surface area (Å²) in [6, 6.07) is 0. The smallest absolute Gasteiger partial charge is 0.302 e. The van der Waals surface area contributed by atoms with Crippen molar-refractivity contribution in [2.75, 3.05) is 0 Å². The van der Waals surface area contributed by atoms with E-state index < -0.39 is 6.17 Å². The van der Waals surface area contributed by atoms with E-state index in [4.69, 9.17) is 9.47 Å². The van der Waals surface area contributed by atoms with E-state index in [2.05, 4.69) is 0 Å². The second kappa shape index (κ2) is 4.05. The molecule has 0 N–H and O–H groups in total. The Balaban J connectivity index is 2.41. The third-order valence-electron chi connectivity index (χ3n) is 2.23. The predicted molar refractivity (Wildman–Crippen MR) is 45.1 cm³/mol. The third kappa shape index (κ3) is 2.66. The Labute approximate surface area is 77.2 Å². The minimum absolute atomic E-state index is 0.297. The maximum Gasteiger partial charge on any atom is 0.302 e. The van der Waals surface area contributed by atoms with E-state index in [1.807, 2.05) is 0 Å². The molecule has 0 bridgehead atoms. The van der Waals surface area contributed by atoms with Crippen molar-refractivity contribution in [3.05, 3.63) is 0 Å². The number of hydrogen-bond donors (Lipinski definition) is 0. The zero-order valence-corrected chi connectivity index (χ0v) is 8.12. The molecule has 0 radical (unpaired) electrons. The van der Waals surface area contributed by atoms with Gasteiger partial charge in [-0.3, -0.25) is 4.79 Å². The van der Waals surface area contributed by atoms with E-state index in [0.717, 1.165) is 0 Å². The van der Waals surface area contributed by atoms with Gasteiger partial charge in [0.25, 0.3) is 0 Å². The van der Waals surface area contributed by atoms with E-state index in [-0.39, 0.29) is 24.3 Å². The molecule has 1 unspecified atom stereocenters. The second-order valence-electron chi connectivity index (χ2n) is 3.45. The van der Waals surface area contributed by atoms with Crippen molar-refractivity contribution in [2.24, 2.45) is 0 Å². The van der Waals surface area contributed by atoms with Crippen molar-refractivity contribution in [1.82, 2.24) is 0 Å². The Kier molecular flexibility index (Phi) is 3.25. The van der Waals surface area contributed by atoms with Crippen molar-refractivity contribution in [3.63, 3.8) is 0 Å². The fraction of sp³-hybridized carbons (Fsp3) is 0.889. The van der Waals surface area contributed by atoms with Crippen LogP contribution in [0.25, 0.3) is 0 Å². The molecule has 1 heterocycles. The van der Waals surface area contributed by atoms with Gasteiger partial charge in [0, 0.05) is 13.3 Å². The van der Waals surface area contributed by atoms with Gasteiger partial charge in [0.15, 0.2) is 0 Å². The molecule has 1 saturated heterocycles. The van der Waals surface area contributed by atoms with Gasteiger partial charge < -0.3 is 9.47 Å². The van der Waals surface area contributed by atoms with Crippen molar-refractivity contribution in [1.29, 1.82) is 0 Å². The van der Waals surface area contributed by atoms with Crippen LogP contribution in [0.4, 0.5) is 4.39 Å². The molecule has 3 nitrogen and oxygen atoms in total. The van der Waals surface area contributed by atoms with Gasteiger partial charge in [0.1, 0.15) is 12.3 Å². The Morgan fingerprint density at radius 3 is 2.69 bits per heavy atom. The van der Waals surface area contributed by atoms with Gasteiger partial charge in [0.2, 0.25) is 0 Å². The van der Waals surface area contributed by atoms with Crippen LogP contribution in [-0.4, -0.2) is 30.5 Å². The largest absolute Gasteiger partial charge is 0.460 e. The van der Waals surface area contributed by atoms with Crippen LogP contribution in [0.5, 0.6) is 0 Å². The summed E-state index contributed by atoms with van der Waals surface area (Å²) in [5, 5.41) is 0. The summed E-state index contributed by atoms with van der Waals surface area (Å²) >= 11 is 0. The van der Waals surface area contributed by atoms with Gasteiger partial charge in [-0.25, -0.2) is 4.39 Å². The maximum absolute atomic E-state index is 13.0. The summed E-state index contributed by atoms with van der Waals surface area (Å²) in [5.41, 5.74) is 0. The number of ether oxygens (including phenoxy) is 2. The van der Waals surface area contributed by atoms with Crippen LogP contribution < -0.4 is 0 Å². The van der Waals surface area contributed by atoms with E-state index in [9.17, 15) is 9.18 Å². The Hall–Kier alpha value is -0.640. The SMILES string of the molecule is CC(=O)O[C@@H](C)C1C[C@H](F)[C@H](C)O1. The van der Waals surface area contributed by atoms with Crippen molar-refractivity contribution < 1.29 is 18.7 Å². The normalized spacial score (nSPS) is 35.8. The van der Waals surface area contributed by atoms with Crippen LogP contribution in [0.1, 0.15) is 27.2 Å². The van der Waals surface area contributed by atoms with E-state index >= 15 is 0 Å². The lowest BCUT2D eigenvalue weighted by Crippen LogP contribution is -2.27. The molecular weight excluding hydrogens is 175 g/mol. The lowest BCUT2D eigenvalue weighted by atomic mass is 10.1. The summed E-state index contributed by atoms with van der Waals surface area (Å²) in [5.74, 6) is -0.355. The van der Waals surface area contributed by atoms with Crippen LogP contribution in [0.3, 0.4) is 0 Å². The van der Waals surface area contributed by atoms with Crippen LogP contribution in [0.15, 0.2) is 0 Å². The molecule has 0 aromatic heterocycles. The average molecular weight is 190 g/mol. The molecule has 0 spiro atoms. The Bertz CT molecular complexity index is 185. The molecule has 1 aliphatic heterocycles. The van der Waals surface area contributed by atoms with E-state index in [1.54, 1.807) is 13.8 Å². The fourth-order valence-corrected chi connectivity index (χ4v) is 1.47. The summed E-state index contributed by atoms with van der Waals surface area (Å²) in [6.07, 6.45) is -1.67. The minimum atomic E-state index is -0.942. The average Bonchev–Trinajstić information content (AvgIpc) is 2.31. The first kappa shape index (κ1) is 10.4. The summed E-state index contributed by atoms with van der Waals surface area (Å²) in [6.45, 7) is 4.74. The highest BCUT2D eigenvalue weighted by Gasteiger charge is 2.36. The highest BCUT2D eigenvalue weighted by Crippen LogP contribution is 2.26. The number of alkyl halides is 1. The molecule has 4 atom stereocenters. The molecule has 1 aliphatic rings. The standard InChI is InChI=1S/C9H15FO3/c1-5-8(10)4-9(13-5)6(2)12-7(3)11/h5-6,8-9H,4H2,1-3H3/t5-,6-,8-,9?/m0/s1. The van der Waals surface area contributed by atoms with Gasteiger partial charge >= 0.3 is 5.97 Å². The zero-order chi connectivity index (χ0) is 10.0. The lowest BCUT2D eigenvalue weighted by molar-refractivity contribution is -0.152. The Morgan fingerprint density at radius 2 is 2.31 bits per heavy atom. The zero-order valence-electron chi connectivity index (χ0n) is 8.12. The quantitative estimate of drug-likeness (QED) is 0.618. The number of esters is 1. The first-order chi connectivity index (χ1) is 6.00. The number of carbonyl (C=O) groups is 1. The highest BCUT2D eigenvalue weighted by molar-refractivity contribution is 5.66. The monoisotopic (exact) mass is 190 g/mol. The van der Waals surface area contributed by atoms with Crippen LogP contribution >= 0.6 is 0 Å². The first-order valence-electron chi connectivity index (χ1n) is 4.47. The van der Waals surface area contributed by atoms with E-state index in [1.165, 1.54) is 6.92 Å². The maximum atomic E-state index is 13.0. The molecule has 0 saturated carbocycles. The van der Waals surface area contributed by atoms with Crippen LogP contribution in [-0.2, 0) is 14.3 Å². The topological polar surface area (TPSA) is 35.5 Å². The molecule has 0 amide bonds. The molecule has 4 heteroatoms.